The van der Waals surface area contributed by atoms with Gasteiger partial charge >= 0.3 is 0 Å². The Hall–Kier alpha value is -2.58. The molecule has 0 aromatic heterocycles. The quantitative estimate of drug-likeness (QED) is 0.563. The van der Waals surface area contributed by atoms with Crippen molar-refractivity contribution in [2.24, 2.45) is 0 Å². The van der Waals surface area contributed by atoms with E-state index in [1.54, 1.807) is 24.3 Å². The molecule has 1 spiro atoms. The van der Waals surface area contributed by atoms with Gasteiger partial charge < -0.3 is 14.8 Å². The van der Waals surface area contributed by atoms with Gasteiger partial charge in [0.1, 0.15) is 28.8 Å². The zero-order chi connectivity index (χ0) is 22.3. The maximum atomic E-state index is 13.1. The van der Waals surface area contributed by atoms with Gasteiger partial charge in [0, 0.05) is 30.6 Å². The molecule has 0 heterocycles. The maximum absolute atomic E-state index is 13.1. The number of hydrogen-bond acceptors (Lipinski definition) is 6. The number of methoxy groups -OCH3 is 1. The molecular formula is C24H28N2O5S. The summed E-state index contributed by atoms with van der Waals surface area (Å²) in [4.78, 5) is 13.0. The summed E-state index contributed by atoms with van der Waals surface area (Å²) in [5, 5.41) is 3.41. The fourth-order valence-electron chi connectivity index (χ4n) is 4.76. The SMILES string of the molecule is COc1ccccc1S(=O)(=O)Nc1cc(OCCNC2CC2)c2c(c1)C1(CCC1)C(=O)C2. The highest BCUT2D eigenvalue weighted by Gasteiger charge is 2.51. The van der Waals surface area contributed by atoms with E-state index in [-0.39, 0.29) is 16.4 Å². The molecule has 0 unspecified atom stereocenters. The van der Waals surface area contributed by atoms with Gasteiger partial charge in [0.05, 0.1) is 18.2 Å². The van der Waals surface area contributed by atoms with E-state index in [1.807, 2.05) is 6.07 Å². The first-order valence-corrected chi connectivity index (χ1v) is 12.6. The van der Waals surface area contributed by atoms with Crippen LogP contribution >= 0.6 is 0 Å². The minimum absolute atomic E-state index is 0.0635. The van der Waals surface area contributed by atoms with Gasteiger partial charge in [0.25, 0.3) is 10.0 Å². The van der Waals surface area contributed by atoms with Crippen LogP contribution in [0.3, 0.4) is 0 Å². The van der Waals surface area contributed by atoms with Crippen LogP contribution in [0.2, 0.25) is 0 Å². The molecule has 2 fully saturated rings. The normalized spacial score (nSPS) is 18.8. The Labute approximate surface area is 188 Å². The first-order valence-electron chi connectivity index (χ1n) is 11.2. The van der Waals surface area contributed by atoms with Crippen molar-refractivity contribution in [3.8, 4) is 11.5 Å². The number of carbonyl (C=O) groups is 1. The molecule has 2 aromatic rings. The molecule has 3 aliphatic carbocycles. The number of carbonyl (C=O) groups excluding carboxylic acids is 1. The lowest BCUT2D eigenvalue weighted by Gasteiger charge is -2.37. The van der Waals surface area contributed by atoms with E-state index in [4.69, 9.17) is 9.47 Å². The lowest BCUT2D eigenvalue weighted by Crippen LogP contribution is -2.39. The Balaban J connectivity index is 1.47. The van der Waals surface area contributed by atoms with E-state index in [0.717, 1.165) is 36.9 Å². The monoisotopic (exact) mass is 456 g/mol. The largest absolute Gasteiger partial charge is 0.495 e. The summed E-state index contributed by atoms with van der Waals surface area (Å²) in [6.07, 6.45) is 5.37. The second-order valence-corrected chi connectivity index (χ2v) is 10.5. The Morgan fingerprint density at radius 2 is 1.91 bits per heavy atom. The van der Waals surface area contributed by atoms with E-state index in [1.165, 1.54) is 26.0 Å². The highest BCUT2D eigenvalue weighted by Crippen LogP contribution is 2.53. The van der Waals surface area contributed by atoms with Crippen molar-refractivity contribution in [2.75, 3.05) is 25.0 Å². The summed E-state index contributed by atoms with van der Waals surface area (Å²) >= 11 is 0. The third kappa shape index (κ3) is 3.75. The third-order valence-electron chi connectivity index (χ3n) is 6.78. The number of ether oxygens (including phenoxy) is 2. The number of sulfonamides is 1. The van der Waals surface area contributed by atoms with Crippen LogP contribution in [-0.2, 0) is 26.7 Å². The first kappa shape index (κ1) is 21.3. The van der Waals surface area contributed by atoms with Crippen LogP contribution in [0.1, 0.15) is 43.2 Å². The molecule has 0 amide bonds. The second kappa shape index (κ2) is 8.08. The number of Topliss-reactive ketones (excluding diaryl/α,β-unsaturated/α-hetero) is 1. The minimum atomic E-state index is -3.89. The van der Waals surface area contributed by atoms with Crippen LogP contribution in [0.4, 0.5) is 5.69 Å². The van der Waals surface area contributed by atoms with Crippen molar-refractivity contribution in [2.45, 2.75) is 54.9 Å². The minimum Gasteiger partial charge on any atom is -0.495 e. The molecule has 3 aliphatic rings. The van der Waals surface area contributed by atoms with Gasteiger partial charge in [-0.05, 0) is 49.4 Å². The van der Waals surface area contributed by atoms with Crippen LogP contribution in [0.25, 0.3) is 0 Å². The third-order valence-corrected chi connectivity index (χ3v) is 8.20. The lowest BCUT2D eigenvalue weighted by atomic mass is 9.64. The van der Waals surface area contributed by atoms with Crippen LogP contribution in [0, 0.1) is 0 Å². The summed E-state index contributed by atoms with van der Waals surface area (Å²) in [6.45, 7) is 1.18. The molecule has 8 heteroatoms. The van der Waals surface area contributed by atoms with E-state index >= 15 is 0 Å². The summed E-state index contributed by atoms with van der Waals surface area (Å²) in [7, 11) is -2.44. The van der Waals surface area contributed by atoms with Crippen LogP contribution in [0.15, 0.2) is 41.3 Å². The van der Waals surface area contributed by atoms with Crippen LogP contribution < -0.4 is 19.5 Å². The number of nitrogens with one attached hydrogen (secondary N) is 2. The molecule has 170 valence electrons. The summed E-state index contributed by atoms with van der Waals surface area (Å²) in [5.41, 5.74) is 1.74. The number of para-hydroxylation sites is 1. The van der Waals surface area contributed by atoms with Crippen molar-refractivity contribution in [1.82, 2.24) is 5.32 Å². The average molecular weight is 457 g/mol. The number of fused-ring (bicyclic) bond motifs is 2. The molecule has 0 saturated heterocycles. The Bertz CT molecular complexity index is 1150. The summed E-state index contributed by atoms with van der Waals surface area (Å²) in [5.74, 6) is 1.08. The predicted molar refractivity (Wildman–Crippen MR) is 121 cm³/mol. The fraction of sp³-hybridized carbons (Fsp3) is 0.458. The van der Waals surface area contributed by atoms with E-state index in [0.29, 0.717) is 30.5 Å². The number of hydrogen-bond donors (Lipinski definition) is 2. The standard InChI is InChI=1S/C24H28N2O5S/c1-30-20-5-2-3-6-22(20)32(28,29)26-17-13-19-18(15-23(27)24(19)9-4-10-24)21(14-17)31-12-11-25-16-7-8-16/h2-3,5-6,13-14,16,25-26H,4,7-12,15H2,1H3. The number of ketones is 1. The molecular weight excluding hydrogens is 428 g/mol. The van der Waals surface area contributed by atoms with Gasteiger partial charge in [-0.25, -0.2) is 8.42 Å². The van der Waals surface area contributed by atoms with Crippen LogP contribution in [0.5, 0.6) is 11.5 Å². The molecule has 2 saturated carbocycles. The topological polar surface area (TPSA) is 93.7 Å². The molecule has 0 bridgehead atoms. The Kier molecular flexibility index (Phi) is 5.37. The van der Waals surface area contributed by atoms with E-state index < -0.39 is 15.4 Å². The van der Waals surface area contributed by atoms with Crippen molar-refractivity contribution in [3.63, 3.8) is 0 Å². The number of anilines is 1. The Morgan fingerprint density at radius 3 is 2.59 bits per heavy atom. The first-order chi connectivity index (χ1) is 15.4. The maximum Gasteiger partial charge on any atom is 0.265 e. The zero-order valence-corrected chi connectivity index (χ0v) is 19.0. The summed E-state index contributed by atoms with van der Waals surface area (Å²) < 4.78 is 40.3. The number of rotatable bonds is 9. The van der Waals surface area contributed by atoms with E-state index in [9.17, 15) is 13.2 Å². The second-order valence-electron chi connectivity index (χ2n) is 8.87. The fourth-order valence-corrected chi connectivity index (χ4v) is 5.98. The van der Waals surface area contributed by atoms with Gasteiger partial charge in [-0.3, -0.25) is 9.52 Å². The molecule has 7 nitrogen and oxygen atoms in total. The van der Waals surface area contributed by atoms with E-state index in [2.05, 4.69) is 10.0 Å². The molecule has 0 atom stereocenters. The molecule has 5 rings (SSSR count). The molecule has 2 N–H and O–H groups in total. The molecule has 32 heavy (non-hydrogen) atoms. The Morgan fingerprint density at radius 1 is 1.12 bits per heavy atom. The lowest BCUT2D eigenvalue weighted by molar-refractivity contribution is -0.125. The molecule has 2 aromatic carbocycles. The molecule has 0 aliphatic heterocycles. The smallest absolute Gasteiger partial charge is 0.265 e. The highest BCUT2D eigenvalue weighted by atomic mass is 32.2. The van der Waals surface area contributed by atoms with Gasteiger partial charge in [0.15, 0.2) is 0 Å². The average Bonchev–Trinajstić information content (AvgIpc) is 3.51. The van der Waals surface area contributed by atoms with Crippen molar-refractivity contribution in [1.29, 1.82) is 0 Å². The van der Waals surface area contributed by atoms with Crippen LogP contribution in [-0.4, -0.2) is 40.5 Å². The van der Waals surface area contributed by atoms with Crippen molar-refractivity contribution < 1.29 is 22.7 Å². The van der Waals surface area contributed by atoms with Gasteiger partial charge in [-0.15, -0.1) is 0 Å². The molecule has 0 radical (unpaired) electrons. The summed E-state index contributed by atoms with van der Waals surface area (Å²) in [6, 6.07) is 10.6. The van der Waals surface area contributed by atoms with Gasteiger partial charge in [-0.1, -0.05) is 18.6 Å². The highest BCUT2D eigenvalue weighted by molar-refractivity contribution is 7.92. The predicted octanol–water partition coefficient (Wildman–Crippen LogP) is 3.17. The van der Waals surface area contributed by atoms with Crippen molar-refractivity contribution in [3.05, 3.63) is 47.5 Å². The van der Waals surface area contributed by atoms with Gasteiger partial charge in [0.2, 0.25) is 0 Å². The van der Waals surface area contributed by atoms with Gasteiger partial charge in [-0.2, -0.15) is 0 Å². The van der Waals surface area contributed by atoms with Crippen molar-refractivity contribution >= 4 is 21.5 Å². The zero-order valence-electron chi connectivity index (χ0n) is 18.1. The number of benzene rings is 2.